The van der Waals surface area contributed by atoms with E-state index in [4.69, 9.17) is 4.74 Å². The monoisotopic (exact) mass is 284 g/mol. The number of carboxylic acids is 1. The van der Waals surface area contributed by atoms with Gasteiger partial charge in [0.15, 0.2) is 0 Å². The van der Waals surface area contributed by atoms with Gasteiger partial charge in [0.2, 0.25) is 0 Å². The summed E-state index contributed by atoms with van der Waals surface area (Å²) < 4.78 is 5.57. The van der Waals surface area contributed by atoms with Gasteiger partial charge >= 0.3 is 12.0 Å². The number of nitrogens with one attached hydrogen (secondary N) is 2. The molecular weight excluding hydrogens is 260 g/mol. The highest BCUT2D eigenvalue weighted by atomic mass is 16.5. The summed E-state index contributed by atoms with van der Waals surface area (Å²) in [6.45, 7) is 3.35. The molecule has 0 spiro atoms. The molecule has 6 heteroatoms. The Bertz CT molecular complexity index is 366. The standard InChI is InChI=1S/C14H24N2O4/c1-2-11-10(5-8-20-11)9-15-13(19)16-14(12(17)18)6-3-4-7-14/h10-11H,2-9H2,1H3,(H,17,18)(H2,15,16,19). The van der Waals surface area contributed by atoms with Crippen molar-refractivity contribution in [2.24, 2.45) is 5.92 Å². The van der Waals surface area contributed by atoms with E-state index in [1.807, 2.05) is 0 Å². The normalized spacial score (nSPS) is 28.2. The molecule has 0 aromatic rings. The molecule has 0 aromatic carbocycles. The smallest absolute Gasteiger partial charge is 0.329 e. The number of hydrogen-bond donors (Lipinski definition) is 3. The van der Waals surface area contributed by atoms with Crippen molar-refractivity contribution in [3.63, 3.8) is 0 Å². The number of amides is 2. The van der Waals surface area contributed by atoms with Crippen LogP contribution in [-0.2, 0) is 9.53 Å². The Morgan fingerprint density at radius 3 is 2.65 bits per heavy atom. The summed E-state index contributed by atoms with van der Waals surface area (Å²) in [5, 5.41) is 14.8. The Balaban J connectivity index is 1.81. The lowest BCUT2D eigenvalue weighted by Gasteiger charge is -2.26. The zero-order chi connectivity index (χ0) is 14.6. The van der Waals surface area contributed by atoms with Crippen molar-refractivity contribution in [1.29, 1.82) is 0 Å². The molecule has 114 valence electrons. The number of carbonyl (C=O) groups is 2. The molecule has 1 aliphatic heterocycles. The van der Waals surface area contributed by atoms with Crippen LogP contribution in [0, 0.1) is 5.92 Å². The van der Waals surface area contributed by atoms with Gasteiger partial charge in [-0.05, 0) is 25.7 Å². The molecule has 2 amide bonds. The maximum atomic E-state index is 11.9. The number of ether oxygens (including phenoxy) is 1. The van der Waals surface area contributed by atoms with Gasteiger partial charge in [0.25, 0.3) is 0 Å². The van der Waals surface area contributed by atoms with Crippen molar-refractivity contribution in [1.82, 2.24) is 10.6 Å². The zero-order valence-electron chi connectivity index (χ0n) is 12.0. The molecule has 0 bridgehead atoms. The lowest BCUT2D eigenvalue weighted by atomic mass is 9.98. The van der Waals surface area contributed by atoms with E-state index in [0.29, 0.717) is 25.3 Å². The molecule has 0 radical (unpaired) electrons. The predicted octanol–water partition coefficient (Wildman–Crippen LogP) is 1.50. The van der Waals surface area contributed by atoms with Crippen LogP contribution in [0.5, 0.6) is 0 Å². The third kappa shape index (κ3) is 3.23. The highest BCUT2D eigenvalue weighted by molar-refractivity contribution is 5.86. The minimum Gasteiger partial charge on any atom is -0.480 e. The number of hydrogen-bond acceptors (Lipinski definition) is 3. The number of rotatable bonds is 5. The van der Waals surface area contributed by atoms with Crippen LogP contribution < -0.4 is 10.6 Å². The third-order valence-electron chi connectivity index (χ3n) is 4.49. The molecule has 2 aliphatic rings. The van der Waals surface area contributed by atoms with E-state index >= 15 is 0 Å². The van der Waals surface area contributed by atoms with Gasteiger partial charge in [-0.1, -0.05) is 19.8 Å². The van der Waals surface area contributed by atoms with Crippen LogP contribution in [0.25, 0.3) is 0 Å². The summed E-state index contributed by atoms with van der Waals surface area (Å²) in [5.74, 6) is -0.601. The third-order valence-corrected chi connectivity index (χ3v) is 4.49. The maximum absolute atomic E-state index is 11.9. The minimum absolute atomic E-state index is 0.204. The van der Waals surface area contributed by atoms with Gasteiger partial charge in [0, 0.05) is 19.1 Å². The number of aliphatic carboxylic acids is 1. The van der Waals surface area contributed by atoms with Crippen LogP contribution in [0.3, 0.4) is 0 Å². The zero-order valence-corrected chi connectivity index (χ0v) is 12.0. The van der Waals surface area contributed by atoms with Crippen LogP contribution in [-0.4, -0.2) is 41.9 Å². The minimum atomic E-state index is -1.07. The van der Waals surface area contributed by atoms with Gasteiger partial charge in [-0.15, -0.1) is 0 Å². The van der Waals surface area contributed by atoms with Crippen LogP contribution in [0.15, 0.2) is 0 Å². The first-order chi connectivity index (χ1) is 9.57. The second-order valence-electron chi connectivity index (χ2n) is 5.80. The second kappa shape index (κ2) is 6.43. The molecule has 20 heavy (non-hydrogen) atoms. The van der Waals surface area contributed by atoms with E-state index in [9.17, 15) is 14.7 Å². The van der Waals surface area contributed by atoms with Gasteiger partial charge in [0.1, 0.15) is 5.54 Å². The van der Waals surface area contributed by atoms with Gasteiger partial charge in [-0.2, -0.15) is 0 Å². The van der Waals surface area contributed by atoms with Crippen molar-refractivity contribution >= 4 is 12.0 Å². The van der Waals surface area contributed by atoms with E-state index in [2.05, 4.69) is 17.6 Å². The van der Waals surface area contributed by atoms with Gasteiger partial charge in [-0.3, -0.25) is 0 Å². The quantitative estimate of drug-likeness (QED) is 0.714. The molecule has 1 aliphatic carbocycles. The molecule has 3 N–H and O–H groups in total. The molecule has 2 unspecified atom stereocenters. The van der Waals surface area contributed by atoms with Crippen molar-refractivity contribution < 1.29 is 19.4 Å². The Morgan fingerprint density at radius 2 is 2.05 bits per heavy atom. The largest absolute Gasteiger partial charge is 0.480 e. The first-order valence-electron chi connectivity index (χ1n) is 7.48. The van der Waals surface area contributed by atoms with Crippen LogP contribution >= 0.6 is 0 Å². The average Bonchev–Trinajstić information content (AvgIpc) is 3.05. The molecule has 2 fully saturated rings. The summed E-state index contributed by atoms with van der Waals surface area (Å²) in [7, 11) is 0. The average molecular weight is 284 g/mol. The van der Waals surface area contributed by atoms with Crippen molar-refractivity contribution in [3.8, 4) is 0 Å². The van der Waals surface area contributed by atoms with Crippen LogP contribution in [0.2, 0.25) is 0 Å². The maximum Gasteiger partial charge on any atom is 0.329 e. The molecular formula is C14H24N2O4. The van der Waals surface area contributed by atoms with Crippen molar-refractivity contribution in [3.05, 3.63) is 0 Å². The van der Waals surface area contributed by atoms with Crippen molar-refractivity contribution in [2.45, 2.75) is 57.1 Å². The van der Waals surface area contributed by atoms with Gasteiger partial charge in [0.05, 0.1) is 6.10 Å². The highest BCUT2D eigenvalue weighted by Crippen LogP contribution is 2.29. The van der Waals surface area contributed by atoms with Gasteiger partial charge in [-0.25, -0.2) is 9.59 Å². The lowest BCUT2D eigenvalue weighted by molar-refractivity contribution is -0.144. The molecule has 6 nitrogen and oxygen atoms in total. The van der Waals surface area contributed by atoms with E-state index in [1.54, 1.807) is 0 Å². The van der Waals surface area contributed by atoms with E-state index < -0.39 is 11.5 Å². The molecule has 1 saturated carbocycles. The second-order valence-corrected chi connectivity index (χ2v) is 5.80. The Hall–Kier alpha value is -1.30. The van der Waals surface area contributed by atoms with Crippen LogP contribution in [0.1, 0.15) is 45.4 Å². The summed E-state index contributed by atoms with van der Waals surface area (Å²) in [6.07, 6.45) is 4.81. The summed E-state index contributed by atoms with van der Waals surface area (Å²) in [6, 6.07) is -0.379. The summed E-state index contributed by atoms with van der Waals surface area (Å²) in [5.41, 5.74) is -1.07. The fraction of sp³-hybridized carbons (Fsp3) is 0.857. The first-order valence-corrected chi connectivity index (χ1v) is 7.48. The fourth-order valence-electron chi connectivity index (χ4n) is 3.23. The molecule has 2 atom stereocenters. The topological polar surface area (TPSA) is 87.7 Å². The Labute approximate surface area is 119 Å². The summed E-state index contributed by atoms with van der Waals surface area (Å²) >= 11 is 0. The molecule has 1 heterocycles. The van der Waals surface area contributed by atoms with Crippen molar-refractivity contribution in [2.75, 3.05) is 13.2 Å². The Kier molecular flexibility index (Phi) is 4.86. The number of urea groups is 1. The van der Waals surface area contributed by atoms with E-state index in [-0.39, 0.29) is 12.1 Å². The highest BCUT2D eigenvalue weighted by Gasteiger charge is 2.42. The number of carboxylic acid groups (broad SMARTS) is 1. The van der Waals surface area contributed by atoms with Crippen LogP contribution in [0.4, 0.5) is 4.79 Å². The predicted molar refractivity (Wildman–Crippen MR) is 73.5 cm³/mol. The Morgan fingerprint density at radius 1 is 1.35 bits per heavy atom. The summed E-state index contributed by atoms with van der Waals surface area (Å²) in [4.78, 5) is 23.3. The molecule has 2 rings (SSSR count). The van der Waals surface area contributed by atoms with E-state index in [1.165, 1.54) is 0 Å². The van der Waals surface area contributed by atoms with E-state index in [0.717, 1.165) is 32.3 Å². The lowest BCUT2D eigenvalue weighted by Crippen LogP contribution is -2.56. The fourth-order valence-corrected chi connectivity index (χ4v) is 3.23. The van der Waals surface area contributed by atoms with Gasteiger partial charge < -0.3 is 20.5 Å². The SMILES string of the molecule is CCC1OCCC1CNC(=O)NC1(C(=O)O)CCCC1. The number of carbonyl (C=O) groups excluding carboxylic acids is 1. The first kappa shape index (κ1) is 15.1. The molecule has 1 saturated heterocycles. The molecule has 0 aromatic heterocycles.